The maximum atomic E-state index is 13.0. The number of hydrogen-bond acceptors (Lipinski definition) is 4. The normalized spacial score (nSPS) is 12.2. The molecule has 1 aromatic carbocycles. The van der Waals surface area contributed by atoms with E-state index in [1.807, 2.05) is 27.7 Å². The van der Waals surface area contributed by atoms with E-state index in [1.54, 1.807) is 18.2 Å². The van der Waals surface area contributed by atoms with Gasteiger partial charge >= 0.3 is 0 Å². The van der Waals surface area contributed by atoms with Gasteiger partial charge in [0, 0.05) is 16.9 Å². The molecule has 0 unspecified atom stereocenters. The molecular weight excluding hydrogens is 311 g/mol. The van der Waals surface area contributed by atoms with Crippen LogP contribution in [0.15, 0.2) is 34.9 Å². The molecule has 1 heterocycles. The van der Waals surface area contributed by atoms with Crippen LogP contribution in [0.1, 0.15) is 39.0 Å². The Kier molecular flexibility index (Phi) is 5.08. The first kappa shape index (κ1) is 18.1. The minimum Gasteiger partial charge on any atom is -0.395 e. The highest BCUT2D eigenvalue weighted by molar-refractivity contribution is 5.94. The number of aliphatic hydroxyl groups excluding tert-OH is 1. The van der Waals surface area contributed by atoms with E-state index in [0.717, 1.165) is 5.56 Å². The Morgan fingerprint density at radius 1 is 1.25 bits per heavy atom. The van der Waals surface area contributed by atoms with Crippen molar-refractivity contribution in [2.45, 2.75) is 39.5 Å². The zero-order valence-electron chi connectivity index (χ0n) is 14.4. The molecule has 5 nitrogen and oxygen atoms in total. The lowest BCUT2D eigenvalue weighted by atomic mass is 9.85. The summed E-state index contributed by atoms with van der Waals surface area (Å²) in [7, 11) is 0. The Hall–Kier alpha value is -2.21. The molecule has 130 valence electrons. The van der Waals surface area contributed by atoms with E-state index in [1.165, 1.54) is 12.1 Å². The molecule has 0 radical (unpaired) electrons. The molecule has 0 atom stereocenters. The van der Waals surface area contributed by atoms with E-state index in [2.05, 4.69) is 10.5 Å². The number of nitrogens with zero attached hydrogens (tertiary/aromatic N) is 1. The largest absolute Gasteiger partial charge is 0.395 e. The van der Waals surface area contributed by atoms with Crippen molar-refractivity contribution in [3.8, 4) is 0 Å². The molecule has 1 amide bonds. The summed E-state index contributed by atoms with van der Waals surface area (Å²) in [6.07, 6.45) is 0.464. The van der Waals surface area contributed by atoms with Gasteiger partial charge in [-0.1, -0.05) is 45.0 Å². The highest BCUT2D eigenvalue weighted by Crippen LogP contribution is 2.27. The van der Waals surface area contributed by atoms with Crippen molar-refractivity contribution in [3.05, 3.63) is 47.5 Å². The molecule has 1 aromatic heterocycles. The monoisotopic (exact) mass is 334 g/mol. The fourth-order valence-corrected chi connectivity index (χ4v) is 2.21. The molecular formula is C18H23FN2O3. The lowest BCUT2D eigenvalue weighted by Crippen LogP contribution is -2.32. The van der Waals surface area contributed by atoms with Crippen LogP contribution in [0.3, 0.4) is 0 Å². The maximum absolute atomic E-state index is 13.0. The molecule has 24 heavy (non-hydrogen) atoms. The lowest BCUT2D eigenvalue weighted by Gasteiger charge is -2.23. The third-order valence-corrected chi connectivity index (χ3v) is 3.99. The summed E-state index contributed by atoms with van der Waals surface area (Å²) in [4.78, 5) is 12.5. The zero-order valence-corrected chi connectivity index (χ0v) is 14.4. The number of rotatable bonds is 6. The van der Waals surface area contributed by atoms with Crippen LogP contribution < -0.4 is 5.32 Å². The van der Waals surface area contributed by atoms with Gasteiger partial charge < -0.3 is 14.9 Å². The number of carbonyl (C=O) groups is 1. The average molecular weight is 334 g/mol. The Balaban J connectivity index is 2.06. The molecule has 6 heteroatoms. The predicted octanol–water partition coefficient (Wildman–Crippen LogP) is 3.29. The number of halogens is 1. The molecule has 2 N–H and O–H groups in total. The molecule has 0 aliphatic heterocycles. The van der Waals surface area contributed by atoms with E-state index in [4.69, 9.17) is 4.52 Å². The van der Waals surface area contributed by atoms with Crippen LogP contribution >= 0.6 is 0 Å². The second kappa shape index (κ2) is 6.73. The van der Waals surface area contributed by atoms with Crippen LogP contribution in [0.4, 0.5) is 10.2 Å². The zero-order chi connectivity index (χ0) is 18.0. The fraction of sp³-hybridized carbons (Fsp3) is 0.444. The van der Waals surface area contributed by atoms with E-state index >= 15 is 0 Å². The molecule has 0 aliphatic carbocycles. The SMILES string of the molecule is CC(C)(Cc1ccc(F)cc1)C(=O)Nc1cc(C(C)(C)CO)on1. The second-order valence-corrected chi connectivity index (χ2v) is 7.26. The van der Waals surface area contributed by atoms with Crippen LogP contribution in [0.5, 0.6) is 0 Å². The summed E-state index contributed by atoms with van der Waals surface area (Å²) >= 11 is 0. The lowest BCUT2D eigenvalue weighted by molar-refractivity contribution is -0.123. The van der Waals surface area contributed by atoms with Gasteiger partial charge in [0.15, 0.2) is 5.82 Å². The number of anilines is 1. The Labute approximate surface area is 140 Å². The van der Waals surface area contributed by atoms with E-state index in [9.17, 15) is 14.3 Å². The van der Waals surface area contributed by atoms with Crippen LogP contribution in [-0.2, 0) is 16.6 Å². The molecule has 2 aromatic rings. The molecule has 0 bridgehead atoms. The highest BCUT2D eigenvalue weighted by atomic mass is 19.1. The molecule has 2 rings (SSSR count). The molecule has 0 fully saturated rings. The van der Waals surface area contributed by atoms with Gasteiger partial charge in [-0.25, -0.2) is 4.39 Å². The first-order valence-corrected chi connectivity index (χ1v) is 7.78. The van der Waals surface area contributed by atoms with Crippen molar-refractivity contribution in [2.24, 2.45) is 5.41 Å². The minimum absolute atomic E-state index is 0.0916. The Morgan fingerprint density at radius 2 is 1.88 bits per heavy atom. The quantitative estimate of drug-likeness (QED) is 0.850. The number of amides is 1. The molecule has 0 aliphatic rings. The first-order valence-electron chi connectivity index (χ1n) is 7.78. The average Bonchev–Trinajstić information content (AvgIpc) is 2.98. The van der Waals surface area contributed by atoms with Crippen LogP contribution in [-0.4, -0.2) is 22.8 Å². The van der Waals surface area contributed by atoms with Crippen molar-refractivity contribution < 1.29 is 18.8 Å². The van der Waals surface area contributed by atoms with Crippen LogP contribution in [0, 0.1) is 11.2 Å². The summed E-state index contributed by atoms with van der Waals surface area (Å²) in [5.41, 5.74) is -0.401. The van der Waals surface area contributed by atoms with E-state index < -0.39 is 10.8 Å². The van der Waals surface area contributed by atoms with Crippen LogP contribution in [0.25, 0.3) is 0 Å². The second-order valence-electron chi connectivity index (χ2n) is 7.26. The summed E-state index contributed by atoms with van der Waals surface area (Å²) in [6, 6.07) is 7.71. The van der Waals surface area contributed by atoms with Crippen LogP contribution in [0.2, 0.25) is 0 Å². The van der Waals surface area contributed by atoms with Crippen molar-refractivity contribution in [1.82, 2.24) is 5.16 Å². The Morgan fingerprint density at radius 3 is 2.46 bits per heavy atom. The van der Waals surface area contributed by atoms with Crippen molar-refractivity contribution in [1.29, 1.82) is 0 Å². The molecule has 0 saturated carbocycles. The van der Waals surface area contributed by atoms with Crippen molar-refractivity contribution in [3.63, 3.8) is 0 Å². The maximum Gasteiger partial charge on any atom is 0.231 e. The molecule has 0 saturated heterocycles. The van der Waals surface area contributed by atoms with Gasteiger partial charge in [-0.05, 0) is 24.1 Å². The van der Waals surface area contributed by atoms with E-state index in [0.29, 0.717) is 18.0 Å². The smallest absolute Gasteiger partial charge is 0.231 e. The van der Waals surface area contributed by atoms with Gasteiger partial charge in [0.2, 0.25) is 5.91 Å². The first-order chi connectivity index (χ1) is 11.1. The number of benzene rings is 1. The highest BCUT2D eigenvalue weighted by Gasteiger charge is 2.30. The summed E-state index contributed by atoms with van der Waals surface area (Å²) < 4.78 is 18.2. The number of aromatic nitrogens is 1. The summed E-state index contributed by atoms with van der Waals surface area (Å²) in [6.45, 7) is 7.16. The van der Waals surface area contributed by atoms with Crippen molar-refractivity contribution >= 4 is 11.7 Å². The topological polar surface area (TPSA) is 75.4 Å². The summed E-state index contributed by atoms with van der Waals surface area (Å²) in [5.74, 6) is 0.288. The fourth-order valence-electron chi connectivity index (χ4n) is 2.21. The van der Waals surface area contributed by atoms with E-state index in [-0.39, 0.29) is 18.3 Å². The number of carbonyl (C=O) groups excluding carboxylic acids is 1. The standard InChI is InChI=1S/C18H23FN2O3/c1-17(2,10-12-5-7-13(19)8-6-12)16(23)20-15-9-14(24-21-15)18(3,4)11-22/h5-9,22H,10-11H2,1-4H3,(H,20,21,23). The van der Waals surface area contributed by atoms with Gasteiger partial charge in [-0.15, -0.1) is 0 Å². The van der Waals surface area contributed by atoms with Crippen molar-refractivity contribution in [2.75, 3.05) is 11.9 Å². The molecule has 0 spiro atoms. The minimum atomic E-state index is -0.705. The Bertz CT molecular complexity index is 705. The number of nitrogens with one attached hydrogen (secondary N) is 1. The number of aliphatic hydroxyl groups is 1. The van der Waals surface area contributed by atoms with Gasteiger partial charge in [0.1, 0.15) is 11.6 Å². The van der Waals surface area contributed by atoms with Gasteiger partial charge in [0.25, 0.3) is 0 Å². The number of hydrogen-bond donors (Lipinski definition) is 2. The third kappa shape index (κ3) is 4.20. The predicted molar refractivity (Wildman–Crippen MR) is 89.1 cm³/mol. The third-order valence-electron chi connectivity index (χ3n) is 3.99. The van der Waals surface area contributed by atoms with Gasteiger partial charge in [0.05, 0.1) is 6.61 Å². The summed E-state index contributed by atoms with van der Waals surface area (Å²) in [5, 5.41) is 15.9. The van der Waals surface area contributed by atoms with Gasteiger partial charge in [-0.2, -0.15) is 0 Å². The van der Waals surface area contributed by atoms with Gasteiger partial charge in [-0.3, -0.25) is 4.79 Å².